The highest BCUT2D eigenvalue weighted by molar-refractivity contribution is 6.07. The van der Waals surface area contributed by atoms with Crippen LogP contribution in [0.4, 0.5) is 4.79 Å². The first kappa shape index (κ1) is 15.9. The molecule has 3 amide bonds. The highest BCUT2D eigenvalue weighted by Gasteiger charge is 2.53. The zero-order valence-electron chi connectivity index (χ0n) is 14.6. The van der Waals surface area contributed by atoms with Gasteiger partial charge in [-0.1, -0.05) is 48.0 Å². The van der Waals surface area contributed by atoms with E-state index in [-0.39, 0.29) is 11.9 Å². The molecular formula is C21H22N2O2. The van der Waals surface area contributed by atoms with Gasteiger partial charge in [-0.3, -0.25) is 9.69 Å². The summed E-state index contributed by atoms with van der Waals surface area (Å²) in [6.45, 7) is 4.36. The zero-order chi connectivity index (χ0) is 17.6. The van der Waals surface area contributed by atoms with E-state index in [1.165, 1.54) is 4.90 Å². The molecule has 1 aliphatic heterocycles. The van der Waals surface area contributed by atoms with Crippen LogP contribution in [0.2, 0.25) is 0 Å². The van der Waals surface area contributed by atoms with Crippen LogP contribution in [0.25, 0.3) is 0 Å². The van der Waals surface area contributed by atoms with Crippen molar-refractivity contribution in [2.24, 2.45) is 0 Å². The molecule has 4 rings (SSSR count). The number of amides is 3. The van der Waals surface area contributed by atoms with Gasteiger partial charge in [0, 0.05) is 0 Å². The highest BCUT2D eigenvalue weighted by Crippen LogP contribution is 2.40. The van der Waals surface area contributed by atoms with Crippen LogP contribution < -0.4 is 5.32 Å². The second-order valence-electron chi connectivity index (χ2n) is 7.17. The van der Waals surface area contributed by atoms with Crippen molar-refractivity contribution in [1.82, 2.24) is 10.2 Å². The molecule has 0 saturated carbocycles. The molecule has 1 saturated heterocycles. The third-order valence-electron chi connectivity index (χ3n) is 5.48. The van der Waals surface area contributed by atoms with E-state index in [4.69, 9.17) is 0 Å². The lowest BCUT2D eigenvalue weighted by atomic mass is 9.76. The third-order valence-corrected chi connectivity index (χ3v) is 5.48. The lowest BCUT2D eigenvalue weighted by molar-refractivity contribution is -0.132. The van der Waals surface area contributed by atoms with Crippen molar-refractivity contribution in [1.29, 1.82) is 0 Å². The molecule has 0 radical (unpaired) electrons. The summed E-state index contributed by atoms with van der Waals surface area (Å²) >= 11 is 0. The number of benzene rings is 2. The van der Waals surface area contributed by atoms with Crippen LogP contribution >= 0.6 is 0 Å². The maximum absolute atomic E-state index is 13.3. The number of aryl methyl sites for hydroxylation is 3. The molecule has 2 aromatic carbocycles. The molecule has 1 spiro atoms. The van der Waals surface area contributed by atoms with Crippen LogP contribution in [-0.4, -0.2) is 16.8 Å². The molecule has 4 heteroatoms. The summed E-state index contributed by atoms with van der Waals surface area (Å²) in [5.74, 6) is -0.120. The number of rotatable bonds is 2. The number of carbonyl (C=O) groups excluding carboxylic acids is 2. The van der Waals surface area contributed by atoms with E-state index in [9.17, 15) is 9.59 Å². The first-order valence-corrected chi connectivity index (χ1v) is 8.80. The number of urea groups is 1. The molecule has 1 atom stereocenters. The van der Waals surface area contributed by atoms with E-state index < -0.39 is 5.54 Å². The standard InChI is InChI=1S/C21H22N2O2/c1-14-9-10-15(2)17(12-14)13-23-19(24)21(22-20(23)25)11-5-7-16-6-3-4-8-18(16)21/h3-4,6,8-10,12H,5,7,11,13H2,1-2H3,(H,22,25)/t21-/m1/s1. The van der Waals surface area contributed by atoms with Crippen molar-refractivity contribution < 1.29 is 9.59 Å². The molecule has 1 fully saturated rings. The zero-order valence-corrected chi connectivity index (χ0v) is 14.6. The Morgan fingerprint density at radius 1 is 1.12 bits per heavy atom. The number of hydrogen-bond donors (Lipinski definition) is 1. The summed E-state index contributed by atoms with van der Waals surface area (Å²) in [6, 6.07) is 13.8. The van der Waals surface area contributed by atoms with Gasteiger partial charge in [0.25, 0.3) is 5.91 Å². The normalized spacial score (nSPS) is 22.2. The monoisotopic (exact) mass is 334 g/mol. The summed E-state index contributed by atoms with van der Waals surface area (Å²) in [4.78, 5) is 27.3. The molecule has 1 N–H and O–H groups in total. The highest BCUT2D eigenvalue weighted by atomic mass is 16.2. The molecule has 128 valence electrons. The fourth-order valence-corrected chi connectivity index (χ4v) is 4.10. The predicted octanol–water partition coefficient (Wildman–Crippen LogP) is 3.59. The molecular weight excluding hydrogens is 312 g/mol. The summed E-state index contributed by atoms with van der Waals surface area (Å²) in [6.07, 6.45) is 2.52. The second-order valence-corrected chi connectivity index (χ2v) is 7.17. The summed E-state index contributed by atoms with van der Waals surface area (Å²) in [5, 5.41) is 3.02. The minimum absolute atomic E-state index is 0.120. The van der Waals surface area contributed by atoms with E-state index in [0.717, 1.165) is 40.7 Å². The van der Waals surface area contributed by atoms with Gasteiger partial charge in [-0.2, -0.15) is 0 Å². The fraction of sp³-hybridized carbons (Fsp3) is 0.333. The van der Waals surface area contributed by atoms with Crippen LogP contribution in [0.5, 0.6) is 0 Å². The Labute approximate surface area is 147 Å². The number of hydrogen-bond acceptors (Lipinski definition) is 2. The number of fused-ring (bicyclic) bond motifs is 2. The smallest absolute Gasteiger partial charge is 0.319 e. The topological polar surface area (TPSA) is 49.4 Å². The molecule has 25 heavy (non-hydrogen) atoms. The Morgan fingerprint density at radius 2 is 1.92 bits per heavy atom. The minimum Gasteiger partial charge on any atom is -0.319 e. The molecule has 1 aliphatic carbocycles. The van der Waals surface area contributed by atoms with Gasteiger partial charge in [0.05, 0.1) is 6.54 Å². The van der Waals surface area contributed by atoms with Gasteiger partial charge in [-0.25, -0.2) is 4.79 Å². The van der Waals surface area contributed by atoms with Crippen molar-refractivity contribution in [2.45, 2.75) is 45.2 Å². The van der Waals surface area contributed by atoms with Gasteiger partial charge in [0.2, 0.25) is 0 Å². The van der Waals surface area contributed by atoms with Gasteiger partial charge in [0.1, 0.15) is 5.54 Å². The van der Waals surface area contributed by atoms with Crippen LogP contribution in [0.1, 0.15) is 40.7 Å². The Balaban J connectivity index is 1.71. The number of carbonyl (C=O) groups is 2. The maximum atomic E-state index is 13.3. The van der Waals surface area contributed by atoms with Crippen molar-refractivity contribution >= 4 is 11.9 Å². The van der Waals surface area contributed by atoms with Gasteiger partial charge >= 0.3 is 6.03 Å². The largest absolute Gasteiger partial charge is 0.325 e. The maximum Gasteiger partial charge on any atom is 0.325 e. The summed E-state index contributed by atoms with van der Waals surface area (Å²) in [5.41, 5.74) is 4.48. The van der Waals surface area contributed by atoms with E-state index in [1.54, 1.807) is 0 Å². The molecule has 1 heterocycles. The number of nitrogens with one attached hydrogen (secondary N) is 1. The second kappa shape index (κ2) is 5.73. The molecule has 4 nitrogen and oxygen atoms in total. The quantitative estimate of drug-likeness (QED) is 0.853. The summed E-state index contributed by atoms with van der Waals surface area (Å²) in [7, 11) is 0. The van der Waals surface area contributed by atoms with Crippen LogP contribution in [0.3, 0.4) is 0 Å². The van der Waals surface area contributed by atoms with Crippen LogP contribution in [0, 0.1) is 13.8 Å². The van der Waals surface area contributed by atoms with Crippen LogP contribution in [-0.2, 0) is 23.3 Å². The molecule has 2 aromatic rings. The third kappa shape index (κ3) is 2.44. The minimum atomic E-state index is -0.885. The number of nitrogens with zero attached hydrogens (tertiary/aromatic N) is 1. The SMILES string of the molecule is Cc1ccc(C)c(CN2C(=O)N[C@@]3(CCCc4ccccc43)C2=O)c1. The van der Waals surface area contributed by atoms with E-state index >= 15 is 0 Å². The Kier molecular flexibility index (Phi) is 3.64. The van der Waals surface area contributed by atoms with Crippen molar-refractivity contribution in [3.8, 4) is 0 Å². The number of imide groups is 1. The fourth-order valence-electron chi connectivity index (χ4n) is 4.10. The lowest BCUT2D eigenvalue weighted by Crippen LogP contribution is -2.46. The molecule has 2 aliphatic rings. The van der Waals surface area contributed by atoms with Gasteiger partial charge < -0.3 is 5.32 Å². The van der Waals surface area contributed by atoms with Gasteiger partial charge in [0.15, 0.2) is 0 Å². The van der Waals surface area contributed by atoms with Crippen LogP contribution in [0.15, 0.2) is 42.5 Å². The lowest BCUT2D eigenvalue weighted by Gasteiger charge is -2.33. The van der Waals surface area contributed by atoms with E-state index in [0.29, 0.717) is 13.0 Å². The van der Waals surface area contributed by atoms with Crippen molar-refractivity contribution in [2.75, 3.05) is 0 Å². The summed E-state index contributed by atoms with van der Waals surface area (Å²) < 4.78 is 0. The predicted molar refractivity (Wildman–Crippen MR) is 96.1 cm³/mol. The Morgan fingerprint density at radius 3 is 2.76 bits per heavy atom. The van der Waals surface area contributed by atoms with Crippen molar-refractivity contribution in [3.63, 3.8) is 0 Å². The average Bonchev–Trinajstić information content (AvgIpc) is 2.83. The molecule has 0 aromatic heterocycles. The van der Waals surface area contributed by atoms with Gasteiger partial charge in [-0.15, -0.1) is 0 Å². The average molecular weight is 334 g/mol. The first-order chi connectivity index (χ1) is 12.0. The van der Waals surface area contributed by atoms with E-state index in [2.05, 4.69) is 17.4 Å². The van der Waals surface area contributed by atoms with Gasteiger partial charge in [-0.05, 0) is 55.4 Å². The Bertz CT molecular complexity index is 874. The molecule has 0 bridgehead atoms. The van der Waals surface area contributed by atoms with E-state index in [1.807, 2.05) is 44.2 Å². The Hall–Kier alpha value is -2.62. The van der Waals surface area contributed by atoms with Crippen molar-refractivity contribution in [3.05, 3.63) is 70.3 Å². The first-order valence-electron chi connectivity index (χ1n) is 8.80. The molecule has 0 unspecified atom stereocenters.